The van der Waals surface area contributed by atoms with Crippen LogP contribution >= 0.6 is 11.3 Å². The minimum absolute atomic E-state index is 0.0256. The molecule has 7 heteroatoms. The fourth-order valence-electron chi connectivity index (χ4n) is 4.26. The number of carboxylic acid groups (broad SMARTS) is 1. The van der Waals surface area contributed by atoms with Crippen molar-refractivity contribution in [3.8, 4) is 16.2 Å². The summed E-state index contributed by atoms with van der Waals surface area (Å²) in [5.41, 5.74) is 3.45. The molecule has 2 aromatic carbocycles. The number of thiophene rings is 1. The molecule has 0 aliphatic carbocycles. The van der Waals surface area contributed by atoms with Crippen LogP contribution in [0.3, 0.4) is 0 Å². The van der Waals surface area contributed by atoms with Gasteiger partial charge in [0, 0.05) is 41.9 Å². The molecule has 0 radical (unpaired) electrons. The van der Waals surface area contributed by atoms with Crippen LogP contribution in [0.5, 0.6) is 5.75 Å². The van der Waals surface area contributed by atoms with Crippen LogP contribution in [0, 0.1) is 0 Å². The SMILES string of the molecule is CC1CN(Cc2ccc(-c3ccc(C(C)(F)F)cc3)s2)CCc2ccc(OCC(=O)O)cc21. The van der Waals surface area contributed by atoms with Gasteiger partial charge in [-0.25, -0.2) is 13.6 Å². The van der Waals surface area contributed by atoms with Crippen molar-refractivity contribution in [2.75, 3.05) is 19.7 Å². The van der Waals surface area contributed by atoms with Gasteiger partial charge >= 0.3 is 5.97 Å². The van der Waals surface area contributed by atoms with E-state index in [2.05, 4.69) is 24.0 Å². The van der Waals surface area contributed by atoms with E-state index in [-0.39, 0.29) is 12.2 Å². The van der Waals surface area contributed by atoms with Gasteiger partial charge in [-0.05, 0) is 53.3 Å². The van der Waals surface area contributed by atoms with E-state index in [0.717, 1.165) is 43.4 Å². The summed E-state index contributed by atoms with van der Waals surface area (Å²) in [6, 6.07) is 16.5. The third-order valence-electron chi connectivity index (χ3n) is 5.96. The number of carbonyl (C=O) groups is 1. The largest absolute Gasteiger partial charge is 0.482 e. The summed E-state index contributed by atoms with van der Waals surface area (Å²) < 4.78 is 32.3. The number of benzene rings is 2. The van der Waals surface area contributed by atoms with E-state index in [9.17, 15) is 13.6 Å². The fraction of sp³-hybridized carbons (Fsp3) is 0.346. The normalized spacial score (nSPS) is 16.8. The summed E-state index contributed by atoms with van der Waals surface area (Å²) in [6.45, 7) is 5.40. The highest BCUT2D eigenvalue weighted by Gasteiger charge is 2.24. The van der Waals surface area contributed by atoms with Crippen molar-refractivity contribution in [2.24, 2.45) is 0 Å². The highest BCUT2D eigenvalue weighted by atomic mass is 32.1. The van der Waals surface area contributed by atoms with Crippen LogP contribution in [-0.4, -0.2) is 35.7 Å². The molecule has 1 unspecified atom stereocenters. The van der Waals surface area contributed by atoms with E-state index < -0.39 is 11.9 Å². The van der Waals surface area contributed by atoms with Gasteiger partial charge in [0.25, 0.3) is 5.92 Å². The van der Waals surface area contributed by atoms with Crippen LogP contribution in [0.4, 0.5) is 8.78 Å². The third-order valence-corrected chi connectivity index (χ3v) is 7.08. The predicted octanol–water partition coefficient (Wildman–Crippen LogP) is 6.15. The summed E-state index contributed by atoms with van der Waals surface area (Å²) in [4.78, 5) is 15.5. The Hall–Kier alpha value is -2.77. The van der Waals surface area contributed by atoms with Crippen molar-refractivity contribution in [2.45, 2.75) is 38.7 Å². The number of aliphatic carboxylic acids is 1. The van der Waals surface area contributed by atoms with Gasteiger partial charge in [0.15, 0.2) is 6.61 Å². The molecule has 1 N–H and O–H groups in total. The summed E-state index contributed by atoms with van der Waals surface area (Å²) >= 11 is 1.69. The molecule has 0 saturated heterocycles. The van der Waals surface area contributed by atoms with Crippen molar-refractivity contribution in [1.82, 2.24) is 4.90 Å². The maximum absolute atomic E-state index is 13.5. The van der Waals surface area contributed by atoms with Crippen molar-refractivity contribution in [3.63, 3.8) is 0 Å². The van der Waals surface area contributed by atoms with Crippen molar-refractivity contribution < 1.29 is 23.4 Å². The van der Waals surface area contributed by atoms with Crippen LogP contribution < -0.4 is 4.74 Å². The Bertz CT molecular complexity index is 1120. The first-order valence-corrected chi connectivity index (χ1v) is 11.8. The van der Waals surface area contributed by atoms with E-state index in [4.69, 9.17) is 9.84 Å². The van der Waals surface area contributed by atoms with Gasteiger partial charge < -0.3 is 9.84 Å². The Kier molecular flexibility index (Phi) is 6.81. The zero-order chi connectivity index (χ0) is 23.6. The van der Waals surface area contributed by atoms with E-state index in [0.29, 0.717) is 11.7 Å². The number of rotatable bonds is 7. The second-order valence-corrected chi connectivity index (χ2v) is 9.83. The topological polar surface area (TPSA) is 49.8 Å². The van der Waals surface area contributed by atoms with Gasteiger partial charge in [-0.15, -0.1) is 11.3 Å². The molecule has 4 rings (SSSR count). The van der Waals surface area contributed by atoms with Gasteiger partial charge in [0.05, 0.1) is 0 Å². The van der Waals surface area contributed by atoms with Crippen LogP contribution in [0.25, 0.3) is 10.4 Å². The monoisotopic (exact) mass is 471 g/mol. The highest BCUT2D eigenvalue weighted by molar-refractivity contribution is 7.15. The first-order chi connectivity index (χ1) is 15.7. The maximum atomic E-state index is 13.5. The molecule has 3 aromatic rings. The average molecular weight is 472 g/mol. The number of hydrogen-bond donors (Lipinski definition) is 1. The molecule has 1 aliphatic rings. The molecule has 1 aliphatic heterocycles. The van der Waals surface area contributed by atoms with Crippen LogP contribution in [-0.2, 0) is 23.7 Å². The predicted molar refractivity (Wildman–Crippen MR) is 126 cm³/mol. The average Bonchev–Trinajstić information content (AvgIpc) is 3.18. The van der Waals surface area contributed by atoms with Crippen LogP contribution in [0.1, 0.15) is 41.3 Å². The van der Waals surface area contributed by atoms with E-state index in [1.165, 1.54) is 28.1 Å². The highest BCUT2D eigenvalue weighted by Crippen LogP contribution is 2.34. The number of fused-ring (bicyclic) bond motifs is 1. The molecule has 0 saturated carbocycles. The molecule has 33 heavy (non-hydrogen) atoms. The van der Waals surface area contributed by atoms with Crippen molar-refractivity contribution >= 4 is 17.3 Å². The lowest BCUT2D eigenvalue weighted by Crippen LogP contribution is -2.26. The molecular formula is C26H27F2NO3S. The zero-order valence-electron chi connectivity index (χ0n) is 18.7. The molecule has 1 atom stereocenters. The van der Waals surface area contributed by atoms with Crippen molar-refractivity contribution in [1.29, 1.82) is 0 Å². The van der Waals surface area contributed by atoms with Crippen LogP contribution in [0.2, 0.25) is 0 Å². The summed E-state index contributed by atoms with van der Waals surface area (Å²) in [6.07, 6.45) is 0.920. The first-order valence-electron chi connectivity index (χ1n) is 11.0. The lowest BCUT2D eigenvalue weighted by Gasteiger charge is -2.22. The van der Waals surface area contributed by atoms with Crippen molar-refractivity contribution in [3.05, 3.63) is 76.2 Å². The fourth-order valence-corrected chi connectivity index (χ4v) is 5.31. The van der Waals surface area contributed by atoms with E-state index in [1.807, 2.05) is 18.2 Å². The Labute approximate surface area is 196 Å². The lowest BCUT2D eigenvalue weighted by molar-refractivity contribution is -0.139. The standard InChI is InChI=1S/C26H27F2NO3S/c1-17-14-29(12-11-18-5-8-21(13-23(17)18)32-16-25(30)31)15-22-9-10-24(33-22)19-3-6-20(7-4-19)26(2,27)28/h3-10,13,17H,11-12,14-16H2,1-2H3,(H,30,31). The molecule has 4 nitrogen and oxygen atoms in total. The number of hydrogen-bond acceptors (Lipinski definition) is 4. The second kappa shape index (κ2) is 9.61. The minimum Gasteiger partial charge on any atom is -0.482 e. The molecule has 0 spiro atoms. The number of nitrogens with zero attached hydrogens (tertiary/aromatic N) is 1. The number of carboxylic acids is 1. The number of halogens is 2. The summed E-state index contributed by atoms with van der Waals surface area (Å²) in [5.74, 6) is -2.94. The molecule has 0 fully saturated rings. The zero-order valence-corrected chi connectivity index (χ0v) is 19.5. The Balaban J connectivity index is 1.42. The molecule has 174 valence electrons. The van der Waals surface area contributed by atoms with Crippen LogP contribution in [0.15, 0.2) is 54.6 Å². The lowest BCUT2D eigenvalue weighted by atomic mass is 9.95. The van der Waals surface area contributed by atoms with Gasteiger partial charge in [-0.2, -0.15) is 0 Å². The first kappa shape index (κ1) is 23.4. The minimum atomic E-state index is -2.83. The summed E-state index contributed by atoms with van der Waals surface area (Å²) in [5, 5.41) is 8.84. The molecule has 1 aromatic heterocycles. The Morgan fingerprint density at radius 1 is 1.18 bits per heavy atom. The molecule has 0 amide bonds. The second-order valence-electron chi connectivity index (χ2n) is 8.66. The van der Waals surface area contributed by atoms with E-state index >= 15 is 0 Å². The Morgan fingerprint density at radius 3 is 2.64 bits per heavy atom. The molecular weight excluding hydrogens is 444 g/mol. The van der Waals surface area contributed by atoms with Gasteiger partial charge in [-0.1, -0.05) is 37.3 Å². The van der Waals surface area contributed by atoms with Gasteiger partial charge in [0.1, 0.15) is 5.75 Å². The number of alkyl halides is 2. The summed E-state index contributed by atoms with van der Waals surface area (Å²) in [7, 11) is 0. The quantitative estimate of drug-likeness (QED) is 0.449. The molecule has 0 bridgehead atoms. The Morgan fingerprint density at radius 2 is 1.94 bits per heavy atom. The van der Waals surface area contributed by atoms with Gasteiger partial charge in [0.2, 0.25) is 0 Å². The van der Waals surface area contributed by atoms with Gasteiger partial charge in [-0.3, -0.25) is 4.90 Å². The molecule has 2 heterocycles. The maximum Gasteiger partial charge on any atom is 0.341 e. The number of ether oxygens (including phenoxy) is 1. The van der Waals surface area contributed by atoms with E-state index in [1.54, 1.807) is 23.5 Å². The smallest absolute Gasteiger partial charge is 0.341 e. The third kappa shape index (κ3) is 5.78.